The van der Waals surface area contributed by atoms with Crippen molar-refractivity contribution in [2.45, 2.75) is 25.7 Å². The summed E-state index contributed by atoms with van der Waals surface area (Å²) in [5.74, 6) is -4.06. The molecule has 184 valence electrons. The van der Waals surface area contributed by atoms with Gasteiger partial charge in [-0.2, -0.15) is 0 Å². The molecule has 2 aromatic carbocycles. The average Bonchev–Trinajstić information content (AvgIpc) is 3.27. The Morgan fingerprint density at radius 2 is 1.75 bits per heavy atom. The van der Waals surface area contributed by atoms with Gasteiger partial charge in [0.05, 0.1) is 36.0 Å². The third-order valence-electron chi connectivity index (χ3n) is 8.69. The number of carbonyl (C=O) groups excluding carboxylic acids is 4. The third-order valence-corrected chi connectivity index (χ3v) is 8.69. The van der Waals surface area contributed by atoms with Crippen molar-refractivity contribution in [3.63, 3.8) is 0 Å². The Hall–Kier alpha value is -3.94. The molecule has 1 saturated carbocycles. The zero-order chi connectivity index (χ0) is 25.4. The van der Waals surface area contributed by atoms with E-state index in [1.54, 1.807) is 49.4 Å². The van der Waals surface area contributed by atoms with Gasteiger partial charge in [0.2, 0.25) is 23.6 Å². The van der Waals surface area contributed by atoms with Gasteiger partial charge in [0.1, 0.15) is 0 Å². The van der Waals surface area contributed by atoms with Crippen molar-refractivity contribution in [3.8, 4) is 11.5 Å². The van der Waals surface area contributed by atoms with Crippen LogP contribution in [-0.2, 0) is 19.2 Å². The van der Waals surface area contributed by atoms with E-state index in [-0.39, 0.29) is 41.5 Å². The minimum absolute atomic E-state index is 0.0981. The molecule has 0 aromatic heterocycles. The number of benzene rings is 2. The summed E-state index contributed by atoms with van der Waals surface area (Å²) in [5, 5.41) is 13.6. The fourth-order valence-corrected chi connectivity index (χ4v) is 7.03. The van der Waals surface area contributed by atoms with Gasteiger partial charge >= 0.3 is 0 Å². The summed E-state index contributed by atoms with van der Waals surface area (Å²) in [4.78, 5) is 54.7. The van der Waals surface area contributed by atoms with Gasteiger partial charge in [-0.15, -0.1) is 0 Å². The predicted molar refractivity (Wildman–Crippen MR) is 129 cm³/mol. The molecule has 3 fully saturated rings. The van der Waals surface area contributed by atoms with Gasteiger partial charge in [-0.05, 0) is 43.9 Å². The molecule has 4 amide bonds. The molecule has 2 aromatic rings. The van der Waals surface area contributed by atoms with Crippen LogP contribution in [0.25, 0.3) is 0 Å². The van der Waals surface area contributed by atoms with Crippen LogP contribution in [0.3, 0.4) is 0 Å². The van der Waals surface area contributed by atoms with Gasteiger partial charge in [-0.1, -0.05) is 42.0 Å². The lowest BCUT2D eigenvalue weighted by Crippen LogP contribution is -2.48. The Bertz CT molecular complexity index is 1350. The minimum atomic E-state index is -1.20. The first-order valence-electron chi connectivity index (χ1n) is 12.1. The van der Waals surface area contributed by atoms with E-state index in [0.717, 1.165) is 5.57 Å². The summed E-state index contributed by atoms with van der Waals surface area (Å²) >= 11 is 0. The first-order valence-corrected chi connectivity index (χ1v) is 12.1. The molecule has 2 saturated heterocycles. The Morgan fingerprint density at radius 3 is 2.47 bits per heavy atom. The van der Waals surface area contributed by atoms with Crippen molar-refractivity contribution < 1.29 is 29.0 Å². The number of methoxy groups -OCH3 is 1. The summed E-state index contributed by atoms with van der Waals surface area (Å²) in [6, 6.07) is 13.9. The number of phenols is 1. The molecule has 0 spiro atoms. The Labute approximate surface area is 207 Å². The zero-order valence-electron chi connectivity index (χ0n) is 19.9. The van der Waals surface area contributed by atoms with Gasteiger partial charge in [-0.25, -0.2) is 4.90 Å². The van der Waals surface area contributed by atoms with Crippen LogP contribution in [0, 0.1) is 29.1 Å². The predicted octanol–water partition coefficient (Wildman–Crippen LogP) is 2.92. The number of imide groups is 2. The molecule has 0 radical (unpaired) electrons. The number of carbonyl (C=O) groups is 4. The van der Waals surface area contributed by atoms with Crippen LogP contribution < -0.4 is 15.0 Å². The number of amides is 4. The van der Waals surface area contributed by atoms with Crippen LogP contribution >= 0.6 is 0 Å². The van der Waals surface area contributed by atoms with Gasteiger partial charge in [0, 0.05) is 11.5 Å². The average molecular weight is 487 g/mol. The van der Waals surface area contributed by atoms with E-state index in [2.05, 4.69) is 5.32 Å². The van der Waals surface area contributed by atoms with E-state index < -0.39 is 35.0 Å². The maximum Gasteiger partial charge on any atom is 0.241 e. The number of rotatable bonds is 3. The number of aromatic hydroxyl groups is 1. The highest BCUT2D eigenvalue weighted by Crippen LogP contribution is 2.64. The van der Waals surface area contributed by atoms with Crippen molar-refractivity contribution >= 4 is 29.3 Å². The maximum absolute atomic E-state index is 14.2. The normalized spacial score (nSPS) is 33.0. The first kappa shape index (κ1) is 22.5. The molecular weight excluding hydrogens is 460 g/mol. The van der Waals surface area contributed by atoms with E-state index >= 15 is 0 Å². The molecule has 6 unspecified atom stereocenters. The van der Waals surface area contributed by atoms with E-state index in [1.807, 2.05) is 12.1 Å². The Balaban J connectivity index is 1.57. The Morgan fingerprint density at radius 1 is 1.00 bits per heavy atom. The largest absolute Gasteiger partial charge is 0.504 e. The second-order valence-electron chi connectivity index (χ2n) is 10.2. The molecule has 8 nitrogen and oxygen atoms in total. The molecular formula is C28H26N2O6. The van der Waals surface area contributed by atoms with Crippen molar-refractivity contribution in [1.82, 2.24) is 5.32 Å². The number of nitrogens with zero attached hydrogens (tertiary/aromatic N) is 1. The number of phenolic OH excluding ortho intramolecular Hbond substituents is 1. The monoisotopic (exact) mass is 486 g/mol. The molecule has 2 heterocycles. The fraction of sp³-hybridized carbons (Fsp3) is 0.357. The number of nitrogens with one attached hydrogen (secondary N) is 1. The maximum atomic E-state index is 14.2. The number of fused-ring (bicyclic) bond motifs is 4. The molecule has 2 aliphatic heterocycles. The van der Waals surface area contributed by atoms with Crippen molar-refractivity contribution in [2.24, 2.45) is 29.1 Å². The van der Waals surface area contributed by atoms with Crippen molar-refractivity contribution in [3.05, 3.63) is 65.7 Å². The molecule has 6 rings (SSSR count). The number of ether oxygens (including phenoxy) is 1. The quantitative estimate of drug-likeness (QED) is 0.510. The van der Waals surface area contributed by atoms with Crippen molar-refractivity contribution in [2.75, 3.05) is 12.0 Å². The molecule has 36 heavy (non-hydrogen) atoms. The molecule has 8 heteroatoms. The highest BCUT2D eigenvalue weighted by Gasteiger charge is 2.67. The Kier molecular flexibility index (Phi) is 4.87. The van der Waals surface area contributed by atoms with Gasteiger partial charge < -0.3 is 9.84 Å². The number of anilines is 1. The lowest BCUT2D eigenvalue weighted by atomic mass is 9.51. The van der Waals surface area contributed by atoms with Gasteiger partial charge in [-0.3, -0.25) is 24.5 Å². The number of hydrogen-bond acceptors (Lipinski definition) is 6. The summed E-state index contributed by atoms with van der Waals surface area (Å²) in [7, 11) is 1.45. The van der Waals surface area contributed by atoms with Crippen LogP contribution in [0.2, 0.25) is 0 Å². The first-order chi connectivity index (χ1) is 17.3. The van der Waals surface area contributed by atoms with E-state index in [4.69, 9.17) is 4.74 Å². The number of allylic oxidation sites excluding steroid dienone is 2. The highest BCUT2D eigenvalue weighted by molar-refractivity contribution is 6.24. The lowest BCUT2D eigenvalue weighted by molar-refractivity contribution is -0.131. The van der Waals surface area contributed by atoms with E-state index in [9.17, 15) is 24.3 Å². The van der Waals surface area contributed by atoms with Crippen LogP contribution in [-0.4, -0.2) is 35.8 Å². The van der Waals surface area contributed by atoms with Crippen molar-refractivity contribution in [1.29, 1.82) is 0 Å². The van der Waals surface area contributed by atoms with E-state index in [0.29, 0.717) is 17.7 Å². The second-order valence-corrected chi connectivity index (χ2v) is 10.2. The van der Waals surface area contributed by atoms with E-state index in [1.165, 1.54) is 12.0 Å². The number of para-hydroxylation sites is 2. The third kappa shape index (κ3) is 2.81. The summed E-state index contributed by atoms with van der Waals surface area (Å²) < 4.78 is 5.36. The van der Waals surface area contributed by atoms with Crippen LogP contribution in [0.15, 0.2) is 60.2 Å². The summed E-state index contributed by atoms with van der Waals surface area (Å²) in [6.45, 7) is 1.79. The second kappa shape index (κ2) is 7.78. The topological polar surface area (TPSA) is 113 Å². The standard InChI is InChI=1S/C28H26N2O6/c1-28-19(26(34)30(27(28)35)14-7-4-3-5-8-14)13-18-15(11-12-16-21(18)25(33)29-24(16)32)22(28)17-9-6-10-20(36-2)23(17)31/h3-11,16,18-19,21-22,31H,12-13H2,1-2H3,(H,29,32,33). The molecule has 4 aliphatic rings. The number of hydrogen-bond donors (Lipinski definition) is 2. The highest BCUT2D eigenvalue weighted by atomic mass is 16.5. The van der Waals surface area contributed by atoms with Crippen LogP contribution in [0.4, 0.5) is 5.69 Å². The lowest BCUT2D eigenvalue weighted by Gasteiger charge is -2.49. The van der Waals surface area contributed by atoms with Gasteiger partial charge in [0.15, 0.2) is 11.5 Å². The minimum Gasteiger partial charge on any atom is -0.504 e. The molecule has 2 aliphatic carbocycles. The van der Waals surface area contributed by atoms with Gasteiger partial charge in [0.25, 0.3) is 0 Å². The SMILES string of the molecule is COc1cccc(C2C3=CCC4C(=O)NC(=O)C4C3CC3C(=O)N(c4ccccc4)C(=O)C32C)c1O. The molecule has 6 atom stereocenters. The molecule has 0 bridgehead atoms. The fourth-order valence-electron chi connectivity index (χ4n) is 7.03. The van der Waals surface area contributed by atoms with Crippen LogP contribution in [0.1, 0.15) is 31.2 Å². The zero-order valence-corrected chi connectivity index (χ0v) is 19.9. The summed E-state index contributed by atoms with van der Waals surface area (Å²) in [5.41, 5.74) is 0.572. The van der Waals surface area contributed by atoms with Crippen LogP contribution in [0.5, 0.6) is 11.5 Å². The smallest absolute Gasteiger partial charge is 0.241 e. The summed E-state index contributed by atoms with van der Waals surface area (Å²) in [6.07, 6.45) is 2.58. The molecule has 2 N–H and O–H groups in total.